The van der Waals surface area contributed by atoms with Crippen molar-refractivity contribution in [2.45, 2.75) is 13.8 Å². The average molecular weight is 341 g/mol. The first-order chi connectivity index (χ1) is 12.0. The van der Waals surface area contributed by atoms with Crippen molar-refractivity contribution >= 4 is 11.6 Å². The number of methoxy groups -OCH3 is 1. The second-order valence-electron chi connectivity index (χ2n) is 5.76. The molecule has 2 rings (SSSR count). The van der Waals surface area contributed by atoms with Crippen molar-refractivity contribution in [3.8, 4) is 17.2 Å². The lowest BCUT2D eigenvalue weighted by Crippen LogP contribution is -2.20. The van der Waals surface area contributed by atoms with Crippen LogP contribution in [-0.4, -0.2) is 26.2 Å². The molecule has 0 aliphatic carbocycles. The van der Waals surface area contributed by atoms with Crippen LogP contribution in [0.2, 0.25) is 0 Å². The summed E-state index contributed by atoms with van der Waals surface area (Å²) in [6.45, 7) is 8.01. The van der Waals surface area contributed by atoms with Gasteiger partial charge in [-0.25, -0.2) is 0 Å². The summed E-state index contributed by atoms with van der Waals surface area (Å²) in [4.78, 5) is 12.0. The molecule has 0 heterocycles. The van der Waals surface area contributed by atoms with Gasteiger partial charge in [-0.2, -0.15) is 0 Å². The average Bonchev–Trinajstić information content (AvgIpc) is 2.60. The SMILES string of the molecule is C=C(C)COc1ccc(NC(=O)COc2ccc(C)cc2OC)cc1. The zero-order chi connectivity index (χ0) is 18.2. The van der Waals surface area contributed by atoms with E-state index in [2.05, 4.69) is 11.9 Å². The van der Waals surface area contributed by atoms with E-state index in [4.69, 9.17) is 14.2 Å². The molecule has 0 fully saturated rings. The van der Waals surface area contributed by atoms with Gasteiger partial charge in [0.2, 0.25) is 0 Å². The summed E-state index contributed by atoms with van der Waals surface area (Å²) >= 11 is 0. The van der Waals surface area contributed by atoms with Gasteiger partial charge in [-0.15, -0.1) is 0 Å². The summed E-state index contributed by atoms with van der Waals surface area (Å²) in [5.74, 6) is 1.61. The summed E-state index contributed by atoms with van der Waals surface area (Å²) in [7, 11) is 1.57. The maximum absolute atomic E-state index is 12.0. The Morgan fingerprint density at radius 3 is 2.40 bits per heavy atom. The van der Waals surface area contributed by atoms with Crippen molar-refractivity contribution in [2.75, 3.05) is 25.6 Å². The van der Waals surface area contributed by atoms with Crippen LogP contribution in [0, 0.1) is 6.92 Å². The topological polar surface area (TPSA) is 56.8 Å². The molecule has 0 unspecified atom stereocenters. The van der Waals surface area contributed by atoms with E-state index in [9.17, 15) is 4.79 Å². The second kappa shape index (κ2) is 8.78. The Labute approximate surface area is 148 Å². The molecule has 0 aromatic heterocycles. The minimum Gasteiger partial charge on any atom is -0.493 e. The van der Waals surface area contributed by atoms with Gasteiger partial charge in [0.1, 0.15) is 12.4 Å². The molecule has 0 bridgehead atoms. The van der Waals surface area contributed by atoms with E-state index in [-0.39, 0.29) is 12.5 Å². The van der Waals surface area contributed by atoms with E-state index in [1.165, 1.54) is 0 Å². The van der Waals surface area contributed by atoms with E-state index in [0.29, 0.717) is 23.8 Å². The Morgan fingerprint density at radius 1 is 1.04 bits per heavy atom. The molecule has 0 aliphatic heterocycles. The predicted molar refractivity (Wildman–Crippen MR) is 98.6 cm³/mol. The maximum Gasteiger partial charge on any atom is 0.262 e. The highest BCUT2D eigenvalue weighted by atomic mass is 16.5. The number of hydrogen-bond donors (Lipinski definition) is 1. The maximum atomic E-state index is 12.0. The van der Waals surface area contributed by atoms with Crippen LogP contribution in [-0.2, 0) is 4.79 Å². The molecule has 0 spiro atoms. The van der Waals surface area contributed by atoms with Crippen LogP contribution in [0.1, 0.15) is 12.5 Å². The van der Waals surface area contributed by atoms with E-state index in [1.807, 2.05) is 26.0 Å². The zero-order valence-corrected chi connectivity index (χ0v) is 14.8. The third-order valence-corrected chi connectivity index (χ3v) is 3.30. The van der Waals surface area contributed by atoms with Crippen LogP contribution in [0.3, 0.4) is 0 Å². The van der Waals surface area contributed by atoms with Gasteiger partial charge in [0.15, 0.2) is 18.1 Å². The molecule has 0 radical (unpaired) electrons. The molecule has 0 saturated heterocycles. The van der Waals surface area contributed by atoms with Crippen molar-refractivity contribution < 1.29 is 19.0 Å². The highest BCUT2D eigenvalue weighted by Crippen LogP contribution is 2.27. The molecular weight excluding hydrogens is 318 g/mol. The summed E-state index contributed by atoms with van der Waals surface area (Å²) in [5, 5.41) is 2.78. The monoisotopic (exact) mass is 341 g/mol. The van der Waals surface area contributed by atoms with Crippen LogP contribution in [0.15, 0.2) is 54.6 Å². The minimum atomic E-state index is -0.252. The van der Waals surface area contributed by atoms with E-state index in [1.54, 1.807) is 37.4 Å². The van der Waals surface area contributed by atoms with Gasteiger partial charge < -0.3 is 19.5 Å². The normalized spacial score (nSPS) is 10.0. The highest BCUT2D eigenvalue weighted by molar-refractivity contribution is 5.91. The molecule has 2 aromatic carbocycles. The van der Waals surface area contributed by atoms with Gasteiger partial charge in [0, 0.05) is 5.69 Å². The first-order valence-corrected chi connectivity index (χ1v) is 7.92. The third kappa shape index (κ3) is 5.88. The van der Waals surface area contributed by atoms with Gasteiger partial charge in [0.05, 0.1) is 7.11 Å². The fraction of sp³-hybridized carbons (Fsp3) is 0.250. The number of carbonyl (C=O) groups excluding carboxylic acids is 1. The molecule has 5 nitrogen and oxygen atoms in total. The number of carbonyl (C=O) groups is 1. The lowest BCUT2D eigenvalue weighted by Gasteiger charge is -2.12. The highest BCUT2D eigenvalue weighted by Gasteiger charge is 2.08. The Bertz CT molecular complexity index is 738. The number of ether oxygens (including phenoxy) is 3. The molecule has 1 amide bonds. The lowest BCUT2D eigenvalue weighted by atomic mass is 10.2. The van der Waals surface area contributed by atoms with Gasteiger partial charge in [0.25, 0.3) is 5.91 Å². The van der Waals surface area contributed by atoms with E-state index >= 15 is 0 Å². The molecule has 25 heavy (non-hydrogen) atoms. The van der Waals surface area contributed by atoms with Crippen molar-refractivity contribution in [1.82, 2.24) is 0 Å². The quantitative estimate of drug-likeness (QED) is 0.738. The van der Waals surface area contributed by atoms with Gasteiger partial charge in [-0.05, 0) is 61.4 Å². The zero-order valence-electron chi connectivity index (χ0n) is 14.8. The first-order valence-electron chi connectivity index (χ1n) is 7.92. The summed E-state index contributed by atoms with van der Waals surface area (Å²) < 4.78 is 16.3. The standard InChI is InChI=1S/C20H23NO4/c1-14(2)12-24-17-8-6-16(7-9-17)21-20(22)13-25-18-10-5-15(3)11-19(18)23-4/h5-11H,1,12-13H2,2-4H3,(H,21,22). The number of rotatable bonds is 8. The molecule has 0 aliphatic rings. The Morgan fingerprint density at radius 2 is 1.76 bits per heavy atom. The van der Waals surface area contributed by atoms with Crippen molar-refractivity contribution in [3.63, 3.8) is 0 Å². The fourth-order valence-electron chi connectivity index (χ4n) is 2.08. The van der Waals surface area contributed by atoms with Crippen LogP contribution in [0.4, 0.5) is 5.69 Å². The second-order valence-corrected chi connectivity index (χ2v) is 5.76. The summed E-state index contributed by atoms with van der Waals surface area (Å²) in [5.41, 5.74) is 2.68. The van der Waals surface area contributed by atoms with Crippen LogP contribution in [0.25, 0.3) is 0 Å². The largest absolute Gasteiger partial charge is 0.493 e. The molecule has 2 aromatic rings. The Balaban J connectivity index is 1.87. The number of benzene rings is 2. The van der Waals surface area contributed by atoms with Crippen molar-refractivity contribution in [2.24, 2.45) is 0 Å². The van der Waals surface area contributed by atoms with E-state index in [0.717, 1.165) is 16.9 Å². The van der Waals surface area contributed by atoms with Crippen LogP contribution in [0.5, 0.6) is 17.2 Å². The number of amides is 1. The molecule has 132 valence electrons. The van der Waals surface area contributed by atoms with Crippen LogP contribution < -0.4 is 19.5 Å². The fourth-order valence-corrected chi connectivity index (χ4v) is 2.08. The molecule has 1 N–H and O–H groups in total. The predicted octanol–water partition coefficient (Wildman–Crippen LogP) is 3.98. The number of nitrogens with one attached hydrogen (secondary N) is 1. The van der Waals surface area contributed by atoms with Crippen molar-refractivity contribution in [1.29, 1.82) is 0 Å². The third-order valence-electron chi connectivity index (χ3n) is 3.30. The van der Waals surface area contributed by atoms with E-state index < -0.39 is 0 Å². The number of aryl methyl sites for hydroxylation is 1. The van der Waals surface area contributed by atoms with Crippen molar-refractivity contribution in [3.05, 3.63) is 60.2 Å². The molecule has 5 heteroatoms. The minimum absolute atomic E-state index is 0.104. The molecule has 0 atom stereocenters. The lowest BCUT2D eigenvalue weighted by molar-refractivity contribution is -0.118. The number of anilines is 1. The first kappa shape index (κ1) is 18.4. The Kier molecular flexibility index (Phi) is 6.46. The molecular formula is C20H23NO4. The Hall–Kier alpha value is -2.95. The molecule has 0 saturated carbocycles. The summed E-state index contributed by atoms with van der Waals surface area (Å²) in [6.07, 6.45) is 0. The number of hydrogen-bond acceptors (Lipinski definition) is 4. The van der Waals surface area contributed by atoms with Crippen LogP contribution >= 0.6 is 0 Å². The van der Waals surface area contributed by atoms with Gasteiger partial charge in [-0.1, -0.05) is 12.6 Å². The van der Waals surface area contributed by atoms with Gasteiger partial charge >= 0.3 is 0 Å². The smallest absolute Gasteiger partial charge is 0.262 e. The van der Waals surface area contributed by atoms with Gasteiger partial charge in [-0.3, -0.25) is 4.79 Å². The summed E-state index contributed by atoms with van der Waals surface area (Å²) in [6, 6.07) is 12.7.